The molecule has 7 nitrogen and oxygen atoms in total. The third-order valence-electron chi connectivity index (χ3n) is 6.00. The van der Waals surface area contributed by atoms with Crippen LogP contribution in [0.15, 0.2) is 56.2 Å². The standard InChI is InChI=1S/C26H24N2O5/c1-5-9-31-18-8-6-7-17(13-18)23-22-24(29)19-10-14(2)15(3)11-20(19)32-25(22)26(30)28(23)21-12-16(4)33-27-21/h6-8,10-13,23H,5,9H2,1-4H3. The third-order valence-corrected chi connectivity index (χ3v) is 6.00. The van der Waals surface area contributed by atoms with E-state index in [1.54, 1.807) is 19.1 Å². The number of aromatic nitrogens is 1. The summed E-state index contributed by atoms with van der Waals surface area (Å²) in [6.07, 6.45) is 0.869. The number of carbonyl (C=O) groups is 1. The lowest BCUT2D eigenvalue weighted by Gasteiger charge is -2.22. The summed E-state index contributed by atoms with van der Waals surface area (Å²) in [5, 5.41) is 4.51. The molecule has 33 heavy (non-hydrogen) atoms. The van der Waals surface area contributed by atoms with Crippen molar-refractivity contribution in [2.75, 3.05) is 11.5 Å². The molecular formula is C26H24N2O5. The highest BCUT2D eigenvalue weighted by molar-refractivity contribution is 6.10. The summed E-state index contributed by atoms with van der Waals surface area (Å²) in [5.41, 5.74) is 3.16. The van der Waals surface area contributed by atoms with Crippen molar-refractivity contribution >= 4 is 22.7 Å². The fourth-order valence-corrected chi connectivity index (χ4v) is 4.24. The maximum Gasteiger partial charge on any atom is 0.296 e. The van der Waals surface area contributed by atoms with Gasteiger partial charge >= 0.3 is 0 Å². The molecule has 0 N–H and O–H groups in total. The first-order chi connectivity index (χ1) is 15.9. The summed E-state index contributed by atoms with van der Waals surface area (Å²) >= 11 is 0. The molecule has 0 fully saturated rings. The molecule has 1 unspecified atom stereocenters. The number of nitrogens with zero attached hydrogens (tertiary/aromatic N) is 2. The molecule has 0 spiro atoms. The number of fused-ring (bicyclic) bond motifs is 2. The number of ether oxygens (including phenoxy) is 1. The van der Waals surface area contributed by atoms with Crippen LogP contribution in [0.25, 0.3) is 11.0 Å². The van der Waals surface area contributed by atoms with Crippen LogP contribution in [0.3, 0.4) is 0 Å². The second kappa shape index (κ2) is 7.92. The SMILES string of the molecule is CCCOc1cccc(C2c3c(oc4cc(C)c(C)cc4c3=O)C(=O)N2c2cc(C)on2)c1. The van der Waals surface area contributed by atoms with Crippen molar-refractivity contribution in [1.29, 1.82) is 0 Å². The molecule has 168 valence electrons. The lowest BCUT2D eigenvalue weighted by atomic mass is 9.97. The minimum Gasteiger partial charge on any atom is -0.494 e. The van der Waals surface area contributed by atoms with E-state index >= 15 is 0 Å². The van der Waals surface area contributed by atoms with Gasteiger partial charge in [-0.25, -0.2) is 0 Å². The molecule has 5 rings (SSSR count). The van der Waals surface area contributed by atoms with Gasteiger partial charge in [-0.05, 0) is 68.1 Å². The topological polar surface area (TPSA) is 85.8 Å². The lowest BCUT2D eigenvalue weighted by Crippen LogP contribution is -2.29. The smallest absolute Gasteiger partial charge is 0.296 e. The molecule has 1 aliphatic heterocycles. The van der Waals surface area contributed by atoms with Gasteiger partial charge in [-0.15, -0.1) is 0 Å². The van der Waals surface area contributed by atoms with Crippen LogP contribution in [0, 0.1) is 20.8 Å². The molecular weight excluding hydrogens is 420 g/mol. The zero-order chi connectivity index (χ0) is 23.3. The molecule has 0 saturated carbocycles. The summed E-state index contributed by atoms with van der Waals surface area (Å²) in [5.74, 6) is 1.15. The van der Waals surface area contributed by atoms with Gasteiger partial charge in [0.25, 0.3) is 5.91 Å². The summed E-state index contributed by atoms with van der Waals surface area (Å²) in [4.78, 5) is 28.8. The Morgan fingerprint density at radius 2 is 1.85 bits per heavy atom. The first kappa shape index (κ1) is 21.0. The Hall–Kier alpha value is -3.87. The predicted octanol–water partition coefficient (Wildman–Crippen LogP) is 5.24. The fraction of sp³-hybridized carbons (Fsp3) is 0.269. The van der Waals surface area contributed by atoms with E-state index < -0.39 is 11.9 Å². The molecule has 0 aliphatic carbocycles. The van der Waals surface area contributed by atoms with E-state index in [2.05, 4.69) is 5.16 Å². The molecule has 1 amide bonds. The van der Waals surface area contributed by atoms with Crippen molar-refractivity contribution in [2.45, 2.75) is 40.2 Å². The molecule has 1 atom stereocenters. The van der Waals surface area contributed by atoms with Crippen LogP contribution in [0.2, 0.25) is 0 Å². The number of hydrogen-bond acceptors (Lipinski definition) is 6. The Morgan fingerprint density at radius 1 is 1.06 bits per heavy atom. The van der Waals surface area contributed by atoms with E-state index in [1.807, 2.05) is 51.1 Å². The largest absolute Gasteiger partial charge is 0.494 e. The average Bonchev–Trinajstić information content (AvgIpc) is 3.35. The van der Waals surface area contributed by atoms with Gasteiger partial charge in [-0.1, -0.05) is 24.2 Å². The zero-order valence-electron chi connectivity index (χ0n) is 19.0. The molecule has 2 aromatic heterocycles. The predicted molar refractivity (Wildman–Crippen MR) is 124 cm³/mol. The summed E-state index contributed by atoms with van der Waals surface area (Å²) in [6, 6.07) is 12.0. The van der Waals surface area contributed by atoms with Crippen molar-refractivity contribution in [2.24, 2.45) is 0 Å². The van der Waals surface area contributed by atoms with Crippen LogP contribution in [0.4, 0.5) is 5.82 Å². The van der Waals surface area contributed by atoms with E-state index in [9.17, 15) is 9.59 Å². The second-order valence-corrected chi connectivity index (χ2v) is 8.40. The third kappa shape index (κ3) is 3.40. The van der Waals surface area contributed by atoms with Crippen molar-refractivity contribution in [3.8, 4) is 5.75 Å². The van der Waals surface area contributed by atoms with Crippen molar-refractivity contribution in [3.05, 3.63) is 86.5 Å². The first-order valence-electron chi connectivity index (χ1n) is 11.0. The quantitative estimate of drug-likeness (QED) is 0.418. The molecule has 1 aliphatic rings. The Bertz CT molecular complexity index is 1450. The van der Waals surface area contributed by atoms with Gasteiger partial charge < -0.3 is 13.7 Å². The summed E-state index contributed by atoms with van der Waals surface area (Å²) in [7, 11) is 0. The monoisotopic (exact) mass is 444 g/mol. The van der Waals surface area contributed by atoms with Crippen molar-refractivity contribution < 1.29 is 18.5 Å². The molecule has 3 heterocycles. The van der Waals surface area contributed by atoms with Gasteiger partial charge in [0.05, 0.1) is 23.6 Å². The van der Waals surface area contributed by atoms with Crippen LogP contribution in [0.1, 0.15) is 58.0 Å². The van der Waals surface area contributed by atoms with Crippen LogP contribution in [-0.4, -0.2) is 17.7 Å². The summed E-state index contributed by atoms with van der Waals surface area (Å²) in [6.45, 7) is 8.25. The minimum atomic E-state index is -0.718. The molecule has 2 aromatic carbocycles. The van der Waals surface area contributed by atoms with Crippen LogP contribution >= 0.6 is 0 Å². The van der Waals surface area contributed by atoms with E-state index in [0.717, 1.165) is 23.1 Å². The number of benzene rings is 2. The molecule has 0 bridgehead atoms. The van der Waals surface area contributed by atoms with E-state index in [-0.39, 0.29) is 11.2 Å². The Labute approximate surface area is 190 Å². The Morgan fingerprint density at radius 3 is 2.58 bits per heavy atom. The van der Waals surface area contributed by atoms with Gasteiger partial charge in [0.1, 0.15) is 17.1 Å². The molecule has 0 radical (unpaired) electrons. The lowest BCUT2D eigenvalue weighted by molar-refractivity contribution is 0.0969. The van der Waals surface area contributed by atoms with Crippen molar-refractivity contribution in [1.82, 2.24) is 5.16 Å². The van der Waals surface area contributed by atoms with Gasteiger partial charge in [-0.3, -0.25) is 14.5 Å². The first-order valence-corrected chi connectivity index (χ1v) is 11.0. The van der Waals surface area contributed by atoms with Gasteiger partial charge in [-0.2, -0.15) is 0 Å². The Kier molecular flexibility index (Phi) is 5.04. The van der Waals surface area contributed by atoms with E-state index in [0.29, 0.717) is 40.5 Å². The van der Waals surface area contributed by atoms with Crippen LogP contribution in [-0.2, 0) is 0 Å². The number of amides is 1. The maximum atomic E-state index is 13.7. The van der Waals surface area contributed by atoms with Gasteiger partial charge in [0, 0.05) is 6.07 Å². The van der Waals surface area contributed by atoms with Crippen molar-refractivity contribution in [3.63, 3.8) is 0 Å². The number of rotatable bonds is 5. The highest BCUT2D eigenvalue weighted by atomic mass is 16.5. The molecule has 7 heteroatoms. The highest BCUT2D eigenvalue weighted by Crippen LogP contribution is 2.41. The van der Waals surface area contributed by atoms with E-state index in [4.69, 9.17) is 13.7 Å². The van der Waals surface area contributed by atoms with E-state index in [1.165, 1.54) is 4.90 Å². The zero-order valence-corrected chi connectivity index (χ0v) is 19.0. The number of hydrogen-bond donors (Lipinski definition) is 0. The average molecular weight is 444 g/mol. The highest BCUT2D eigenvalue weighted by Gasteiger charge is 2.45. The second-order valence-electron chi connectivity index (χ2n) is 8.40. The molecule has 0 saturated heterocycles. The maximum absolute atomic E-state index is 13.7. The van der Waals surface area contributed by atoms with Crippen LogP contribution in [0.5, 0.6) is 5.75 Å². The minimum absolute atomic E-state index is 0.0290. The Balaban J connectivity index is 1.77. The number of carbonyl (C=O) groups excluding carboxylic acids is 1. The number of aryl methyl sites for hydroxylation is 3. The van der Waals surface area contributed by atoms with Crippen LogP contribution < -0.4 is 15.1 Å². The van der Waals surface area contributed by atoms with Gasteiger partial charge in [0.2, 0.25) is 5.76 Å². The fourth-order valence-electron chi connectivity index (χ4n) is 4.24. The molecule has 4 aromatic rings. The number of anilines is 1. The normalized spacial score (nSPS) is 15.3. The summed E-state index contributed by atoms with van der Waals surface area (Å²) < 4.78 is 17.1. The van der Waals surface area contributed by atoms with Gasteiger partial charge in [0.15, 0.2) is 11.2 Å².